The van der Waals surface area contributed by atoms with Crippen LogP contribution in [0.4, 0.5) is 5.69 Å². The molecule has 0 bridgehead atoms. The summed E-state index contributed by atoms with van der Waals surface area (Å²) in [5.74, 6) is -1.45. The number of nitro groups is 1. The summed E-state index contributed by atoms with van der Waals surface area (Å²) in [6, 6.07) is 4.42. The van der Waals surface area contributed by atoms with E-state index in [1.165, 1.54) is 24.3 Å². The van der Waals surface area contributed by atoms with E-state index in [4.69, 9.17) is 16.2 Å². The van der Waals surface area contributed by atoms with Crippen molar-refractivity contribution in [3.63, 3.8) is 0 Å². The molecule has 0 saturated heterocycles. The number of non-ortho nitro benzene ring substituents is 1. The van der Waals surface area contributed by atoms with Crippen LogP contribution in [-0.2, 0) is 20.9 Å². The molecular formula is C11H13N3O5. The Morgan fingerprint density at radius 2 is 1.89 bits per heavy atom. The van der Waals surface area contributed by atoms with Crippen molar-refractivity contribution < 1.29 is 19.2 Å². The van der Waals surface area contributed by atoms with E-state index in [1.807, 2.05) is 0 Å². The molecule has 4 N–H and O–H groups in total. The van der Waals surface area contributed by atoms with Crippen molar-refractivity contribution in [1.29, 1.82) is 0 Å². The molecule has 19 heavy (non-hydrogen) atoms. The molecule has 0 saturated carbocycles. The maximum absolute atomic E-state index is 11.4. The van der Waals surface area contributed by atoms with E-state index in [1.54, 1.807) is 0 Å². The third-order valence-corrected chi connectivity index (χ3v) is 2.25. The van der Waals surface area contributed by atoms with Gasteiger partial charge in [-0.05, 0) is 17.7 Å². The van der Waals surface area contributed by atoms with Crippen molar-refractivity contribution in [3.8, 4) is 0 Å². The van der Waals surface area contributed by atoms with Crippen molar-refractivity contribution >= 4 is 17.6 Å². The molecule has 1 rings (SSSR count). The molecule has 8 nitrogen and oxygen atoms in total. The summed E-state index contributed by atoms with van der Waals surface area (Å²) in [5, 5.41) is 10.4. The largest absolute Gasteiger partial charge is 0.460 e. The SMILES string of the molecule is NC(=O)C[C@@H](N)C(=O)OCc1ccc([N+](=O)[O-])cc1. The number of primary amides is 1. The number of hydrogen-bond donors (Lipinski definition) is 2. The number of carbonyl (C=O) groups excluding carboxylic acids is 2. The molecule has 0 aliphatic carbocycles. The van der Waals surface area contributed by atoms with Crippen LogP contribution in [0.15, 0.2) is 24.3 Å². The summed E-state index contributed by atoms with van der Waals surface area (Å²) in [4.78, 5) is 31.8. The lowest BCUT2D eigenvalue weighted by Crippen LogP contribution is -2.36. The molecule has 0 spiro atoms. The Labute approximate surface area is 108 Å². The van der Waals surface area contributed by atoms with E-state index in [-0.39, 0.29) is 18.7 Å². The summed E-state index contributed by atoms with van der Waals surface area (Å²) in [5.41, 5.74) is 10.8. The maximum atomic E-state index is 11.4. The van der Waals surface area contributed by atoms with Crippen LogP contribution in [0, 0.1) is 10.1 Å². The van der Waals surface area contributed by atoms with Gasteiger partial charge in [0.2, 0.25) is 5.91 Å². The number of benzene rings is 1. The average molecular weight is 267 g/mol. The Bertz CT molecular complexity index is 486. The summed E-state index contributed by atoms with van der Waals surface area (Å²) in [6.45, 7) is -0.0801. The fraction of sp³-hybridized carbons (Fsp3) is 0.273. The molecule has 1 aromatic carbocycles. The van der Waals surface area contributed by atoms with Gasteiger partial charge >= 0.3 is 5.97 Å². The third-order valence-electron chi connectivity index (χ3n) is 2.25. The van der Waals surface area contributed by atoms with Gasteiger partial charge < -0.3 is 16.2 Å². The lowest BCUT2D eigenvalue weighted by Gasteiger charge is -2.09. The normalized spacial score (nSPS) is 11.6. The molecule has 102 valence electrons. The van der Waals surface area contributed by atoms with E-state index in [0.29, 0.717) is 5.56 Å². The van der Waals surface area contributed by atoms with Crippen LogP contribution in [0.1, 0.15) is 12.0 Å². The number of amides is 1. The van der Waals surface area contributed by atoms with Gasteiger partial charge in [0, 0.05) is 12.1 Å². The number of nitrogens with zero attached hydrogens (tertiary/aromatic N) is 1. The minimum absolute atomic E-state index is 0.0551. The quantitative estimate of drug-likeness (QED) is 0.417. The first-order chi connectivity index (χ1) is 8.90. The molecule has 0 fully saturated rings. The van der Waals surface area contributed by atoms with Gasteiger partial charge in [-0.15, -0.1) is 0 Å². The smallest absolute Gasteiger partial charge is 0.323 e. The monoisotopic (exact) mass is 267 g/mol. The number of nitrogens with two attached hydrogens (primary N) is 2. The van der Waals surface area contributed by atoms with Gasteiger partial charge in [0.15, 0.2) is 0 Å². The van der Waals surface area contributed by atoms with Gasteiger partial charge in [-0.25, -0.2) is 0 Å². The summed E-state index contributed by atoms with van der Waals surface area (Å²) in [6.07, 6.45) is -0.293. The first kappa shape index (κ1) is 14.6. The molecule has 1 atom stereocenters. The molecular weight excluding hydrogens is 254 g/mol. The Morgan fingerprint density at radius 1 is 1.32 bits per heavy atom. The van der Waals surface area contributed by atoms with Crippen molar-refractivity contribution in [1.82, 2.24) is 0 Å². The zero-order chi connectivity index (χ0) is 14.4. The van der Waals surface area contributed by atoms with Crippen molar-refractivity contribution in [2.24, 2.45) is 11.5 Å². The van der Waals surface area contributed by atoms with Crippen LogP contribution < -0.4 is 11.5 Å². The van der Waals surface area contributed by atoms with Gasteiger partial charge in [-0.2, -0.15) is 0 Å². The second kappa shape index (κ2) is 6.45. The van der Waals surface area contributed by atoms with E-state index in [2.05, 4.69) is 0 Å². The number of ether oxygens (including phenoxy) is 1. The zero-order valence-corrected chi connectivity index (χ0v) is 9.94. The minimum Gasteiger partial charge on any atom is -0.460 e. The topological polar surface area (TPSA) is 139 Å². The van der Waals surface area contributed by atoms with Gasteiger partial charge in [-0.1, -0.05) is 0 Å². The van der Waals surface area contributed by atoms with Crippen molar-refractivity contribution in [2.45, 2.75) is 19.1 Å². The van der Waals surface area contributed by atoms with Gasteiger partial charge in [0.1, 0.15) is 12.6 Å². The number of rotatable bonds is 6. The fourth-order valence-corrected chi connectivity index (χ4v) is 1.28. The first-order valence-corrected chi connectivity index (χ1v) is 5.34. The van der Waals surface area contributed by atoms with Crippen LogP contribution in [0.5, 0.6) is 0 Å². The highest BCUT2D eigenvalue weighted by Gasteiger charge is 2.17. The highest BCUT2D eigenvalue weighted by molar-refractivity contribution is 5.84. The third kappa shape index (κ3) is 4.72. The van der Waals surface area contributed by atoms with Gasteiger partial charge in [0.05, 0.1) is 11.3 Å². The molecule has 0 heterocycles. The molecule has 1 aromatic rings. The Balaban J connectivity index is 2.50. The van der Waals surface area contributed by atoms with E-state index in [0.717, 1.165) is 0 Å². The van der Waals surface area contributed by atoms with Crippen molar-refractivity contribution in [2.75, 3.05) is 0 Å². The number of carbonyl (C=O) groups is 2. The summed E-state index contributed by atoms with van der Waals surface area (Å²) in [7, 11) is 0. The highest BCUT2D eigenvalue weighted by Crippen LogP contribution is 2.12. The standard InChI is InChI=1S/C11H13N3O5/c12-9(5-10(13)15)11(16)19-6-7-1-3-8(4-2-7)14(17)18/h1-4,9H,5-6,12H2,(H2,13,15)/t9-/m1/s1. The zero-order valence-electron chi connectivity index (χ0n) is 9.94. The van der Waals surface area contributed by atoms with Crippen LogP contribution in [0.25, 0.3) is 0 Å². The van der Waals surface area contributed by atoms with Crippen LogP contribution >= 0.6 is 0 Å². The molecule has 0 aliphatic heterocycles. The molecule has 0 aromatic heterocycles. The van der Waals surface area contributed by atoms with Crippen LogP contribution in [-0.4, -0.2) is 22.8 Å². The van der Waals surface area contributed by atoms with Crippen LogP contribution in [0.3, 0.4) is 0 Å². The number of esters is 1. The van der Waals surface area contributed by atoms with Gasteiger partial charge in [0.25, 0.3) is 5.69 Å². The summed E-state index contributed by atoms with van der Waals surface area (Å²) >= 11 is 0. The second-order valence-electron chi connectivity index (χ2n) is 3.81. The fourth-order valence-electron chi connectivity index (χ4n) is 1.28. The lowest BCUT2D eigenvalue weighted by molar-refractivity contribution is -0.384. The molecule has 0 radical (unpaired) electrons. The van der Waals surface area contributed by atoms with Crippen LogP contribution in [0.2, 0.25) is 0 Å². The maximum Gasteiger partial charge on any atom is 0.323 e. The van der Waals surface area contributed by atoms with E-state index in [9.17, 15) is 19.7 Å². The first-order valence-electron chi connectivity index (χ1n) is 5.34. The average Bonchev–Trinajstić information content (AvgIpc) is 2.35. The van der Waals surface area contributed by atoms with Crippen molar-refractivity contribution in [3.05, 3.63) is 39.9 Å². The molecule has 1 amide bonds. The highest BCUT2D eigenvalue weighted by atomic mass is 16.6. The Kier molecular flexibility index (Phi) is 4.95. The van der Waals surface area contributed by atoms with E-state index < -0.39 is 22.8 Å². The van der Waals surface area contributed by atoms with Gasteiger partial charge in [-0.3, -0.25) is 19.7 Å². The van der Waals surface area contributed by atoms with E-state index >= 15 is 0 Å². The predicted molar refractivity (Wildman–Crippen MR) is 64.7 cm³/mol. The number of nitro benzene ring substituents is 1. The molecule has 8 heteroatoms. The number of hydrogen-bond acceptors (Lipinski definition) is 6. The summed E-state index contributed by atoms with van der Waals surface area (Å²) < 4.78 is 4.85. The molecule has 0 unspecified atom stereocenters. The Hall–Kier alpha value is -2.48. The minimum atomic E-state index is -1.10. The predicted octanol–water partition coefficient (Wildman–Crippen LogP) is -0.159. The lowest BCUT2D eigenvalue weighted by atomic mass is 10.2. The molecule has 0 aliphatic rings. The second-order valence-corrected chi connectivity index (χ2v) is 3.81. The Morgan fingerprint density at radius 3 is 2.37 bits per heavy atom.